The van der Waals surface area contributed by atoms with Gasteiger partial charge in [-0.25, -0.2) is 4.68 Å². The van der Waals surface area contributed by atoms with Gasteiger partial charge in [0.1, 0.15) is 0 Å². The van der Waals surface area contributed by atoms with Crippen molar-refractivity contribution in [1.29, 1.82) is 0 Å². The first-order valence-electron chi connectivity index (χ1n) is 4.23. The largest absolute Gasteiger partial charge is 0.466 e. The van der Waals surface area contributed by atoms with E-state index in [1.807, 2.05) is 0 Å². The van der Waals surface area contributed by atoms with Crippen molar-refractivity contribution in [3.63, 3.8) is 0 Å². The van der Waals surface area contributed by atoms with Crippen LogP contribution in [0, 0.1) is 0 Å². The van der Waals surface area contributed by atoms with E-state index in [1.54, 1.807) is 0 Å². The number of rotatable bonds is 3. The van der Waals surface area contributed by atoms with Crippen LogP contribution in [0.4, 0.5) is 30.7 Å². The molecule has 0 N–H and O–H groups in total. The van der Waals surface area contributed by atoms with Crippen molar-refractivity contribution in [2.45, 2.75) is 18.0 Å². The van der Waals surface area contributed by atoms with E-state index >= 15 is 0 Å². The van der Waals surface area contributed by atoms with Crippen LogP contribution in [-0.4, -0.2) is 34.0 Å². The third-order valence-electron chi connectivity index (χ3n) is 1.96. The lowest BCUT2D eigenvalue weighted by atomic mass is 10.1. The van der Waals surface area contributed by atoms with Crippen LogP contribution in [0.15, 0.2) is 0 Å². The van der Waals surface area contributed by atoms with Gasteiger partial charge >= 0.3 is 24.0 Å². The third-order valence-corrected chi connectivity index (χ3v) is 1.96. The first-order chi connectivity index (χ1) is 7.95. The molecule has 1 aromatic heterocycles. The van der Waals surface area contributed by atoms with E-state index in [1.165, 1.54) is 0 Å². The molecule has 0 fully saturated rings. The maximum atomic E-state index is 13.2. The van der Waals surface area contributed by atoms with Gasteiger partial charge < -0.3 is 4.74 Å². The zero-order valence-corrected chi connectivity index (χ0v) is 8.90. The molecule has 0 aliphatic carbocycles. The predicted molar refractivity (Wildman–Crippen MR) is 42.5 cm³/mol. The standard InChI is InChI=1S/C7H6F7N3O/c1-17-3(15-4(16-17)18-2)5(8,9)6(10,11)7(12,13)14/h1-2H3. The summed E-state index contributed by atoms with van der Waals surface area (Å²) in [6, 6.07) is -0.745. The quantitative estimate of drug-likeness (QED) is 0.797. The highest BCUT2D eigenvalue weighted by molar-refractivity contribution is 5.09. The Labute approximate surface area is 95.4 Å². The first kappa shape index (κ1) is 14.5. The fraction of sp³-hybridized carbons (Fsp3) is 0.714. The highest BCUT2D eigenvalue weighted by Gasteiger charge is 2.75. The highest BCUT2D eigenvalue weighted by Crippen LogP contribution is 2.51. The van der Waals surface area contributed by atoms with Gasteiger partial charge in [-0.1, -0.05) is 0 Å². The zero-order valence-electron chi connectivity index (χ0n) is 8.90. The van der Waals surface area contributed by atoms with Crippen LogP contribution in [0.25, 0.3) is 0 Å². The van der Waals surface area contributed by atoms with E-state index in [0.29, 0.717) is 0 Å². The zero-order chi connectivity index (χ0) is 14.4. The number of aryl methyl sites for hydroxylation is 1. The van der Waals surface area contributed by atoms with Gasteiger partial charge in [0.25, 0.3) is 0 Å². The summed E-state index contributed by atoms with van der Waals surface area (Å²) in [5.74, 6) is -13.7. The Morgan fingerprint density at radius 1 is 1.06 bits per heavy atom. The number of hydrogen-bond donors (Lipinski definition) is 0. The Kier molecular flexibility index (Phi) is 3.21. The van der Waals surface area contributed by atoms with Gasteiger partial charge in [0.2, 0.25) is 5.82 Å². The molecule has 0 radical (unpaired) electrons. The molecule has 0 aromatic carbocycles. The molecular formula is C7H6F7N3O. The van der Waals surface area contributed by atoms with Crippen LogP contribution in [0.2, 0.25) is 0 Å². The molecule has 0 bridgehead atoms. The lowest BCUT2D eigenvalue weighted by molar-refractivity contribution is -0.361. The van der Waals surface area contributed by atoms with Crippen molar-refractivity contribution < 1.29 is 35.5 Å². The van der Waals surface area contributed by atoms with Gasteiger partial charge in [0.05, 0.1) is 7.11 Å². The summed E-state index contributed by atoms with van der Waals surface area (Å²) in [6.07, 6.45) is -6.42. The second-order valence-corrected chi connectivity index (χ2v) is 3.19. The highest BCUT2D eigenvalue weighted by atomic mass is 19.4. The minimum Gasteiger partial charge on any atom is -0.466 e. The number of nitrogens with zero attached hydrogens (tertiary/aromatic N) is 3. The van der Waals surface area contributed by atoms with E-state index in [0.717, 1.165) is 14.2 Å². The summed E-state index contributed by atoms with van der Waals surface area (Å²) in [7, 11) is 1.68. The molecule has 1 heterocycles. The maximum Gasteiger partial charge on any atom is 0.460 e. The van der Waals surface area contributed by atoms with E-state index < -0.39 is 29.9 Å². The summed E-state index contributed by atoms with van der Waals surface area (Å²) in [5.41, 5.74) is 0. The Morgan fingerprint density at radius 3 is 1.89 bits per heavy atom. The minimum atomic E-state index is -6.42. The summed E-state index contributed by atoms with van der Waals surface area (Å²) in [5, 5.41) is 3.09. The van der Waals surface area contributed by atoms with Gasteiger partial charge in [-0.3, -0.25) is 0 Å². The number of hydrogen-bond acceptors (Lipinski definition) is 3. The molecule has 18 heavy (non-hydrogen) atoms. The van der Waals surface area contributed by atoms with Crippen LogP contribution >= 0.6 is 0 Å². The Bertz CT molecular complexity index is 439. The molecule has 0 saturated heterocycles. The molecule has 0 saturated carbocycles. The van der Waals surface area contributed by atoms with Gasteiger partial charge in [0, 0.05) is 7.05 Å². The van der Waals surface area contributed by atoms with Crippen molar-refractivity contribution in [2.75, 3.05) is 7.11 Å². The summed E-state index contributed by atoms with van der Waals surface area (Å²) < 4.78 is 91.9. The molecule has 0 atom stereocenters. The van der Waals surface area contributed by atoms with Crippen LogP contribution in [0.5, 0.6) is 6.01 Å². The van der Waals surface area contributed by atoms with E-state index in [2.05, 4.69) is 14.8 Å². The third kappa shape index (κ3) is 1.97. The molecule has 11 heteroatoms. The monoisotopic (exact) mass is 281 g/mol. The van der Waals surface area contributed by atoms with Crippen LogP contribution < -0.4 is 4.74 Å². The van der Waals surface area contributed by atoms with Crippen LogP contribution in [-0.2, 0) is 13.0 Å². The van der Waals surface area contributed by atoms with Crippen molar-refractivity contribution in [3.05, 3.63) is 5.82 Å². The molecule has 4 nitrogen and oxygen atoms in total. The molecular weight excluding hydrogens is 275 g/mol. The second-order valence-electron chi connectivity index (χ2n) is 3.19. The number of halogens is 7. The number of ether oxygens (including phenoxy) is 1. The summed E-state index contributed by atoms with van der Waals surface area (Å²) in [6.45, 7) is 0. The Balaban J connectivity index is 3.32. The minimum absolute atomic E-state index is 0.0957. The van der Waals surface area contributed by atoms with E-state index in [4.69, 9.17) is 0 Å². The molecule has 0 amide bonds. The van der Waals surface area contributed by atoms with Crippen LogP contribution in [0.3, 0.4) is 0 Å². The van der Waals surface area contributed by atoms with Crippen LogP contribution in [0.1, 0.15) is 5.82 Å². The van der Waals surface area contributed by atoms with Crippen molar-refractivity contribution >= 4 is 0 Å². The van der Waals surface area contributed by atoms with E-state index in [9.17, 15) is 30.7 Å². The summed E-state index contributed by atoms with van der Waals surface area (Å²) >= 11 is 0. The molecule has 104 valence electrons. The second kappa shape index (κ2) is 3.99. The summed E-state index contributed by atoms with van der Waals surface area (Å²) in [4.78, 5) is 2.78. The lowest BCUT2D eigenvalue weighted by Crippen LogP contribution is -2.51. The molecule has 1 aromatic rings. The van der Waals surface area contributed by atoms with Crippen molar-refractivity contribution in [3.8, 4) is 6.01 Å². The molecule has 0 aliphatic rings. The topological polar surface area (TPSA) is 39.9 Å². The predicted octanol–water partition coefficient (Wildman–Crippen LogP) is 2.11. The number of aromatic nitrogens is 3. The maximum absolute atomic E-state index is 13.2. The SMILES string of the molecule is COc1nc(C(F)(F)C(F)(F)C(F)(F)F)n(C)n1. The number of methoxy groups -OCH3 is 1. The van der Waals surface area contributed by atoms with Gasteiger partial charge in [-0.05, 0) is 0 Å². The normalized spacial score (nSPS) is 13.8. The van der Waals surface area contributed by atoms with Gasteiger partial charge in [0.15, 0.2) is 0 Å². The average molecular weight is 281 g/mol. The van der Waals surface area contributed by atoms with Gasteiger partial charge in [-0.2, -0.15) is 35.7 Å². The molecule has 0 spiro atoms. The molecule has 1 rings (SSSR count). The first-order valence-corrected chi connectivity index (χ1v) is 4.23. The van der Waals surface area contributed by atoms with Gasteiger partial charge in [-0.15, -0.1) is 5.10 Å². The number of alkyl halides is 7. The lowest BCUT2D eigenvalue weighted by Gasteiger charge is -2.26. The van der Waals surface area contributed by atoms with Crippen molar-refractivity contribution in [2.24, 2.45) is 7.05 Å². The Hall–Kier alpha value is -1.55. The Morgan fingerprint density at radius 2 is 1.56 bits per heavy atom. The van der Waals surface area contributed by atoms with E-state index in [-0.39, 0.29) is 4.68 Å². The molecule has 0 unspecified atom stereocenters. The van der Waals surface area contributed by atoms with Crippen molar-refractivity contribution in [1.82, 2.24) is 14.8 Å². The average Bonchev–Trinajstić information content (AvgIpc) is 2.58. The fourth-order valence-corrected chi connectivity index (χ4v) is 1.04. The fourth-order valence-electron chi connectivity index (χ4n) is 1.04. The molecule has 0 aliphatic heterocycles. The smallest absolute Gasteiger partial charge is 0.460 e.